The first kappa shape index (κ1) is 16.4. The van der Waals surface area contributed by atoms with Crippen LogP contribution in [-0.4, -0.2) is 27.3 Å². The number of aromatic nitrogens is 4. The molecule has 124 valence electrons. The van der Waals surface area contributed by atoms with Crippen molar-refractivity contribution in [2.24, 2.45) is 0 Å². The molecule has 0 saturated heterocycles. The van der Waals surface area contributed by atoms with E-state index in [9.17, 15) is 0 Å². The van der Waals surface area contributed by atoms with Crippen LogP contribution in [0.2, 0.25) is 0 Å². The highest BCUT2D eigenvalue weighted by atomic mass is 16.5. The Morgan fingerprint density at radius 2 is 1.56 bits per heavy atom. The molecule has 0 bridgehead atoms. The number of hydrogen-bond donors (Lipinski definition) is 0. The third kappa shape index (κ3) is 4.75. The third-order valence-corrected chi connectivity index (χ3v) is 3.40. The molecule has 3 rings (SSSR count). The zero-order chi connectivity index (χ0) is 17.3. The predicted molar refractivity (Wildman–Crippen MR) is 99.4 cm³/mol. The minimum absolute atomic E-state index is 0.549. The molecule has 0 saturated carbocycles. The van der Waals surface area contributed by atoms with E-state index in [1.807, 2.05) is 72.8 Å². The van der Waals surface area contributed by atoms with E-state index < -0.39 is 0 Å². The molecule has 0 fully saturated rings. The fourth-order valence-electron chi connectivity index (χ4n) is 2.12. The molecule has 0 amide bonds. The highest BCUT2D eigenvalue weighted by molar-refractivity contribution is 5.51. The number of rotatable bonds is 6. The van der Waals surface area contributed by atoms with Gasteiger partial charge in [-0.2, -0.15) is 0 Å². The second-order valence-electron chi connectivity index (χ2n) is 5.15. The lowest BCUT2D eigenvalue weighted by Crippen LogP contribution is -1.98. The molecule has 0 aliphatic rings. The van der Waals surface area contributed by atoms with Gasteiger partial charge in [0.25, 0.3) is 0 Å². The van der Waals surface area contributed by atoms with Crippen molar-refractivity contribution < 1.29 is 4.74 Å². The van der Waals surface area contributed by atoms with E-state index in [1.165, 1.54) is 10.4 Å². The smallest absolute Gasteiger partial charge is 0.198 e. The van der Waals surface area contributed by atoms with Gasteiger partial charge in [-0.05, 0) is 41.1 Å². The lowest BCUT2D eigenvalue weighted by atomic mass is 10.2. The fourth-order valence-corrected chi connectivity index (χ4v) is 2.12. The minimum atomic E-state index is 0.549. The van der Waals surface area contributed by atoms with Gasteiger partial charge in [-0.15, -0.1) is 15.0 Å². The van der Waals surface area contributed by atoms with Gasteiger partial charge in [0.2, 0.25) is 0 Å². The molecule has 5 nitrogen and oxygen atoms in total. The van der Waals surface area contributed by atoms with Crippen LogP contribution in [0.1, 0.15) is 11.4 Å². The molecule has 0 aliphatic carbocycles. The minimum Gasteiger partial charge on any atom is -0.497 e. The number of hydrogen-bond acceptors (Lipinski definition) is 4. The summed E-state index contributed by atoms with van der Waals surface area (Å²) in [6.45, 7) is 0. The molecule has 0 unspecified atom stereocenters. The van der Waals surface area contributed by atoms with Crippen LogP contribution in [0.15, 0.2) is 78.9 Å². The summed E-state index contributed by atoms with van der Waals surface area (Å²) in [4.78, 5) is 1.48. The predicted octanol–water partition coefficient (Wildman–Crippen LogP) is 3.95. The molecule has 0 spiro atoms. The van der Waals surface area contributed by atoms with E-state index in [0.29, 0.717) is 5.82 Å². The van der Waals surface area contributed by atoms with Crippen molar-refractivity contribution in [3.63, 3.8) is 0 Å². The topological polar surface area (TPSA) is 52.8 Å². The molecule has 0 radical (unpaired) electrons. The van der Waals surface area contributed by atoms with E-state index >= 15 is 0 Å². The van der Waals surface area contributed by atoms with Crippen LogP contribution in [0.5, 0.6) is 5.75 Å². The first-order valence-electron chi connectivity index (χ1n) is 7.86. The summed E-state index contributed by atoms with van der Waals surface area (Å²) in [6.07, 6.45) is 11.6. The summed E-state index contributed by atoms with van der Waals surface area (Å²) in [5.74, 6) is 1.34. The van der Waals surface area contributed by atoms with E-state index in [4.69, 9.17) is 4.74 Å². The Kier molecular flexibility index (Phi) is 5.51. The van der Waals surface area contributed by atoms with E-state index in [-0.39, 0.29) is 0 Å². The molecule has 1 heterocycles. The lowest BCUT2D eigenvalue weighted by Gasteiger charge is -2.00. The SMILES string of the molecule is COc1ccc(-n2nnc(/C=C/C=C/C=C/c3ccccc3)n2)cc1. The maximum atomic E-state index is 5.13. The number of ether oxygens (including phenoxy) is 1. The van der Waals surface area contributed by atoms with Crippen molar-refractivity contribution in [3.8, 4) is 11.4 Å². The molecule has 25 heavy (non-hydrogen) atoms. The summed E-state index contributed by atoms with van der Waals surface area (Å²) in [5, 5.41) is 12.4. The van der Waals surface area contributed by atoms with Crippen molar-refractivity contribution >= 4 is 12.2 Å². The molecular weight excluding hydrogens is 312 g/mol. The van der Waals surface area contributed by atoms with Crippen LogP contribution in [0.25, 0.3) is 17.8 Å². The third-order valence-electron chi connectivity index (χ3n) is 3.40. The second-order valence-corrected chi connectivity index (χ2v) is 5.15. The van der Waals surface area contributed by atoms with Gasteiger partial charge < -0.3 is 4.74 Å². The Morgan fingerprint density at radius 1 is 0.840 bits per heavy atom. The van der Waals surface area contributed by atoms with Crippen molar-refractivity contribution in [2.45, 2.75) is 0 Å². The quantitative estimate of drug-likeness (QED) is 0.642. The van der Waals surface area contributed by atoms with Crippen molar-refractivity contribution in [1.29, 1.82) is 0 Å². The van der Waals surface area contributed by atoms with Crippen LogP contribution in [-0.2, 0) is 0 Å². The standard InChI is InChI=1S/C20H18N4O/c1-25-19-15-13-18(14-16-19)24-22-20(21-23-24)12-8-3-2-5-9-17-10-6-4-7-11-17/h2-16H,1H3/b3-2+,9-5+,12-8+. The Labute approximate surface area is 146 Å². The summed E-state index contributed by atoms with van der Waals surface area (Å²) in [7, 11) is 1.63. The van der Waals surface area contributed by atoms with Crippen LogP contribution < -0.4 is 4.74 Å². The van der Waals surface area contributed by atoms with Crippen molar-refractivity contribution in [3.05, 3.63) is 90.3 Å². The molecule has 2 aromatic carbocycles. The summed E-state index contributed by atoms with van der Waals surface area (Å²) < 4.78 is 5.13. The van der Waals surface area contributed by atoms with Crippen LogP contribution in [0.4, 0.5) is 0 Å². The zero-order valence-electron chi connectivity index (χ0n) is 13.9. The van der Waals surface area contributed by atoms with Gasteiger partial charge in [0, 0.05) is 0 Å². The number of tetrazole rings is 1. The largest absolute Gasteiger partial charge is 0.497 e. The highest BCUT2D eigenvalue weighted by Gasteiger charge is 2.02. The highest BCUT2D eigenvalue weighted by Crippen LogP contribution is 2.13. The molecule has 0 N–H and O–H groups in total. The fraction of sp³-hybridized carbons (Fsp3) is 0.0500. The Balaban J connectivity index is 1.58. The van der Waals surface area contributed by atoms with Gasteiger partial charge in [0.05, 0.1) is 12.8 Å². The Morgan fingerprint density at radius 3 is 2.28 bits per heavy atom. The molecule has 1 aromatic heterocycles. The Hall–Kier alpha value is -3.47. The zero-order valence-corrected chi connectivity index (χ0v) is 13.9. The average molecular weight is 330 g/mol. The van der Waals surface area contributed by atoms with Gasteiger partial charge in [0.1, 0.15) is 5.75 Å². The van der Waals surface area contributed by atoms with Gasteiger partial charge in [-0.3, -0.25) is 0 Å². The second kappa shape index (κ2) is 8.40. The maximum Gasteiger partial charge on any atom is 0.198 e. The molecule has 0 aliphatic heterocycles. The molecule has 5 heteroatoms. The van der Waals surface area contributed by atoms with E-state index in [1.54, 1.807) is 13.2 Å². The summed E-state index contributed by atoms with van der Waals surface area (Å²) in [6, 6.07) is 17.6. The molecule has 3 aromatic rings. The van der Waals surface area contributed by atoms with Crippen molar-refractivity contribution in [1.82, 2.24) is 20.2 Å². The normalized spacial score (nSPS) is 11.7. The maximum absolute atomic E-state index is 5.13. The first-order valence-corrected chi connectivity index (χ1v) is 7.86. The number of allylic oxidation sites excluding steroid dienone is 4. The number of benzene rings is 2. The Bertz CT molecular complexity index is 878. The first-order chi connectivity index (χ1) is 12.3. The molecule has 0 atom stereocenters. The van der Waals surface area contributed by atoms with Gasteiger partial charge in [-0.25, -0.2) is 0 Å². The van der Waals surface area contributed by atoms with Gasteiger partial charge in [-0.1, -0.05) is 60.7 Å². The summed E-state index contributed by atoms with van der Waals surface area (Å²) >= 11 is 0. The van der Waals surface area contributed by atoms with Crippen LogP contribution in [0, 0.1) is 0 Å². The molecular formula is C20H18N4O. The van der Waals surface area contributed by atoms with Crippen LogP contribution in [0.3, 0.4) is 0 Å². The van der Waals surface area contributed by atoms with Gasteiger partial charge >= 0.3 is 0 Å². The number of nitrogens with zero attached hydrogens (tertiary/aromatic N) is 4. The lowest BCUT2D eigenvalue weighted by molar-refractivity contribution is 0.414. The average Bonchev–Trinajstić information content (AvgIpc) is 3.14. The van der Waals surface area contributed by atoms with Gasteiger partial charge in [0.15, 0.2) is 5.82 Å². The van der Waals surface area contributed by atoms with E-state index in [0.717, 1.165) is 11.4 Å². The van der Waals surface area contributed by atoms with Crippen LogP contribution >= 0.6 is 0 Å². The van der Waals surface area contributed by atoms with Crippen molar-refractivity contribution in [2.75, 3.05) is 7.11 Å². The summed E-state index contributed by atoms with van der Waals surface area (Å²) in [5.41, 5.74) is 1.99. The number of methoxy groups -OCH3 is 1. The van der Waals surface area contributed by atoms with E-state index in [2.05, 4.69) is 27.5 Å². The monoisotopic (exact) mass is 330 g/mol.